The monoisotopic (exact) mass is 284 g/mol. The highest BCUT2D eigenvalue weighted by Gasteiger charge is 2.41. The van der Waals surface area contributed by atoms with E-state index in [4.69, 9.17) is 0 Å². The predicted octanol–water partition coefficient (Wildman–Crippen LogP) is 2.71. The molecule has 1 rings (SSSR count). The van der Waals surface area contributed by atoms with Crippen molar-refractivity contribution in [1.29, 1.82) is 0 Å². The molecule has 1 saturated carbocycles. The van der Waals surface area contributed by atoms with Gasteiger partial charge in [0.2, 0.25) is 0 Å². The summed E-state index contributed by atoms with van der Waals surface area (Å²) in [6.45, 7) is 6.39. The topological polar surface area (TPSA) is 69.6 Å². The summed E-state index contributed by atoms with van der Waals surface area (Å²) in [7, 11) is 1.75. The van der Waals surface area contributed by atoms with Crippen molar-refractivity contribution in [3.05, 3.63) is 0 Å². The zero-order valence-electron chi connectivity index (χ0n) is 13.1. The number of nitrogens with one attached hydrogen (secondary N) is 1. The van der Waals surface area contributed by atoms with Gasteiger partial charge in [-0.2, -0.15) is 0 Å². The molecule has 0 radical (unpaired) electrons. The lowest BCUT2D eigenvalue weighted by atomic mass is 9.71. The van der Waals surface area contributed by atoms with Crippen molar-refractivity contribution in [1.82, 2.24) is 10.2 Å². The van der Waals surface area contributed by atoms with E-state index >= 15 is 0 Å². The van der Waals surface area contributed by atoms with Crippen LogP contribution in [0.3, 0.4) is 0 Å². The quantitative estimate of drug-likeness (QED) is 0.815. The second kappa shape index (κ2) is 6.95. The molecule has 1 unspecified atom stereocenters. The van der Waals surface area contributed by atoms with E-state index in [0.717, 1.165) is 19.3 Å². The molecule has 0 aromatic heterocycles. The lowest BCUT2D eigenvalue weighted by molar-refractivity contribution is -0.151. The summed E-state index contributed by atoms with van der Waals surface area (Å²) < 4.78 is 0. The summed E-state index contributed by atoms with van der Waals surface area (Å²) in [4.78, 5) is 25.3. The Morgan fingerprint density at radius 1 is 1.40 bits per heavy atom. The van der Waals surface area contributed by atoms with E-state index in [1.807, 2.05) is 13.8 Å². The summed E-state index contributed by atoms with van der Waals surface area (Å²) in [5.74, 6) is -0.197. The maximum atomic E-state index is 12.0. The van der Waals surface area contributed by atoms with Gasteiger partial charge in [-0.15, -0.1) is 0 Å². The van der Waals surface area contributed by atoms with E-state index in [9.17, 15) is 14.7 Å². The molecule has 0 aromatic rings. The molecular formula is C15H28N2O3. The Bertz CT molecular complexity index is 349. The largest absolute Gasteiger partial charge is 0.481 e. The number of rotatable bonds is 5. The van der Waals surface area contributed by atoms with Gasteiger partial charge < -0.3 is 15.3 Å². The van der Waals surface area contributed by atoms with Crippen molar-refractivity contribution in [3.8, 4) is 0 Å². The smallest absolute Gasteiger partial charge is 0.317 e. The van der Waals surface area contributed by atoms with Crippen LogP contribution in [0.15, 0.2) is 0 Å². The van der Waals surface area contributed by atoms with Gasteiger partial charge in [-0.25, -0.2) is 4.79 Å². The van der Waals surface area contributed by atoms with Crippen LogP contribution in [0.25, 0.3) is 0 Å². The molecule has 0 saturated heterocycles. The highest BCUT2D eigenvalue weighted by atomic mass is 16.4. The number of carbonyl (C=O) groups is 2. The number of hydrogen-bond acceptors (Lipinski definition) is 2. The molecule has 1 atom stereocenters. The van der Waals surface area contributed by atoms with Gasteiger partial charge in [0, 0.05) is 19.6 Å². The third-order valence-corrected chi connectivity index (χ3v) is 4.84. The van der Waals surface area contributed by atoms with Gasteiger partial charge in [-0.05, 0) is 44.9 Å². The summed E-state index contributed by atoms with van der Waals surface area (Å²) in [6, 6.07) is -0.0271. The van der Waals surface area contributed by atoms with Gasteiger partial charge in [0.1, 0.15) is 0 Å². The first kappa shape index (κ1) is 16.8. The molecule has 5 heteroatoms. The summed E-state index contributed by atoms with van der Waals surface area (Å²) >= 11 is 0. The van der Waals surface area contributed by atoms with E-state index in [2.05, 4.69) is 12.2 Å². The van der Waals surface area contributed by atoms with Gasteiger partial charge in [0.15, 0.2) is 0 Å². The molecule has 20 heavy (non-hydrogen) atoms. The summed E-state index contributed by atoms with van der Waals surface area (Å²) in [6.07, 6.45) is 4.02. The van der Waals surface area contributed by atoms with Crippen LogP contribution in [0.5, 0.6) is 0 Å². The maximum Gasteiger partial charge on any atom is 0.317 e. The molecule has 1 aliphatic carbocycles. The minimum atomic E-state index is -0.782. The van der Waals surface area contributed by atoms with Crippen molar-refractivity contribution >= 4 is 12.0 Å². The number of urea groups is 1. The fourth-order valence-corrected chi connectivity index (χ4v) is 2.62. The van der Waals surface area contributed by atoms with Crippen molar-refractivity contribution in [2.75, 3.05) is 13.6 Å². The van der Waals surface area contributed by atoms with Crippen molar-refractivity contribution in [2.24, 2.45) is 11.3 Å². The van der Waals surface area contributed by atoms with Crippen LogP contribution in [0.4, 0.5) is 4.79 Å². The first-order valence-electron chi connectivity index (χ1n) is 7.56. The van der Waals surface area contributed by atoms with Crippen molar-refractivity contribution in [2.45, 2.75) is 58.9 Å². The van der Waals surface area contributed by atoms with Gasteiger partial charge >= 0.3 is 12.0 Å². The molecule has 1 aliphatic rings. The number of aliphatic carboxylic acids is 1. The molecule has 2 amide bonds. The summed E-state index contributed by atoms with van der Waals surface area (Å²) in [5, 5.41) is 12.3. The summed E-state index contributed by atoms with van der Waals surface area (Å²) in [5.41, 5.74) is -0.779. The molecule has 0 heterocycles. The van der Waals surface area contributed by atoms with E-state index < -0.39 is 11.4 Å². The average molecular weight is 284 g/mol. The Hall–Kier alpha value is -1.26. The number of carboxylic acid groups (broad SMARTS) is 1. The third kappa shape index (κ3) is 3.87. The molecule has 1 fully saturated rings. The van der Waals surface area contributed by atoms with Gasteiger partial charge in [0.25, 0.3) is 0 Å². The SMILES string of the molecule is CCC(C)N(C)C(=O)NCC1(C(=O)O)CCC(C)CC1. The Morgan fingerprint density at radius 3 is 2.40 bits per heavy atom. The zero-order chi connectivity index (χ0) is 15.3. The minimum Gasteiger partial charge on any atom is -0.481 e. The lowest BCUT2D eigenvalue weighted by Gasteiger charge is -2.36. The van der Waals surface area contributed by atoms with Crippen LogP contribution in [-0.4, -0.2) is 41.6 Å². The van der Waals surface area contributed by atoms with Gasteiger partial charge in [0.05, 0.1) is 5.41 Å². The maximum absolute atomic E-state index is 12.0. The van der Waals surface area contributed by atoms with Gasteiger partial charge in [-0.3, -0.25) is 4.79 Å². The molecule has 5 nitrogen and oxygen atoms in total. The first-order chi connectivity index (χ1) is 9.32. The Morgan fingerprint density at radius 2 is 1.95 bits per heavy atom. The minimum absolute atomic E-state index is 0.155. The molecule has 0 spiro atoms. The fraction of sp³-hybridized carbons (Fsp3) is 0.867. The van der Waals surface area contributed by atoms with Crippen LogP contribution in [0, 0.1) is 11.3 Å². The van der Waals surface area contributed by atoms with Crippen LogP contribution in [0.2, 0.25) is 0 Å². The molecule has 0 bridgehead atoms. The second-order valence-electron chi connectivity index (χ2n) is 6.29. The van der Waals surface area contributed by atoms with Crippen LogP contribution < -0.4 is 5.32 Å². The van der Waals surface area contributed by atoms with E-state index in [1.165, 1.54) is 0 Å². The second-order valence-corrected chi connectivity index (χ2v) is 6.29. The molecule has 0 aliphatic heterocycles. The van der Waals surface area contributed by atoms with Crippen LogP contribution in [0.1, 0.15) is 52.9 Å². The molecule has 0 aromatic carbocycles. The first-order valence-corrected chi connectivity index (χ1v) is 7.56. The highest BCUT2D eigenvalue weighted by molar-refractivity contribution is 5.78. The zero-order valence-corrected chi connectivity index (χ0v) is 13.1. The highest BCUT2D eigenvalue weighted by Crippen LogP contribution is 2.38. The lowest BCUT2D eigenvalue weighted by Crippen LogP contribution is -2.49. The van der Waals surface area contributed by atoms with E-state index in [-0.39, 0.29) is 18.6 Å². The van der Waals surface area contributed by atoms with Crippen molar-refractivity contribution < 1.29 is 14.7 Å². The number of nitrogens with zero attached hydrogens (tertiary/aromatic N) is 1. The Kier molecular flexibility index (Phi) is 5.84. The normalized spacial score (nSPS) is 27.7. The predicted molar refractivity (Wildman–Crippen MR) is 78.6 cm³/mol. The van der Waals surface area contributed by atoms with Gasteiger partial charge in [-0.1, -0.05) is 13.8 Å². The average Bonchev–Trinajstić information content (AvgIpc) is 2.44. The van der Waals surface area contributed by atoms with E-state index in [1.54, 1.807) is 11.9 Å². The molecule has 2 N–H and O–H groups in total. The fourth-order valence-electron chi connectivity index (χ4n) is 2.62. The number of carbonyl (C=O) groups excluding carboxylic acids is 1. The Labute approximate surface area is 121 Å². The number of amides is 2. The number of carboxylic acids is 1. The number of hydrogen-bond donors (Lipinski definition) is 2. The third-order valence-electron chi connectivity index (χ3n) is 4.84. The molecular weight excluding hydrogens is 256 g/mol. The van der Waals surface area contributed by atoms with Crippen LogP contribution >= 0.6 is 0 Å². The standard InChI is InChI=1S/C15H28N2O3/c1-5-12(3)17(4)14(20)16-10-15(13(18)19)8-6-11(2)7-9-15/h11-12H,5-10H2,1-4H3,(H,16,20)(H,18,19). The van der Waals surface area contributed by atoms with Crippen LogP contribution in [-0.2, 0) is 4.79 Å². The van der Waals surface area contributed by atoms with E-state index in [0.29, 0.717) is 18.8 Å². The van der Waals surface area contributed by atoms with Crippen molar-refractivity contribution in [3.63, 3.8) is 0 Å². The Balaban J connectivity index is 2.60. The molecule has 116 valence electrons.